The predicted octanol–water partition coefficient (Wildman–Crippen LogP) is 0.334. The number of benzene rings is 1. The van der Waals surface area contributed by atoms with Crippen LogP contribution < -0.4 is 26.8 Å². The summed E-state index contributed by atoms with van der Waals surface area (Å²) in [6.07, 6.45) is 1.63. The quantitative estimate of drug-likeness (QED) is 0.0450. The first kappa shape index (κ1) is 37.8. The van der Waals surface area contributed by atoms with E-state index in [9.17, 15) is 27.9 Å². The van der Waals surface area contributed by atoms with Crippen molar-refractivity contribution < 1.29 is 51.1 Å². The fraction of sp³-hybridized carbons (Fsp3) is 0.533. The second kappa shape index (κ2) is 14.0. The fourth-order valence-corrected chi connectivity index (χ4v) is 7.15. The van der Waals surface area contributed by atoms with Crippen molar-refractivity contribution in [2.45, 2.75) is 87.7 Å². The molecule has 21 heteroatoms. The first-order valence-corrected chi connectivity index (χ1v) is 18.0. The molecule has 278 valence electrons. The summed E-state index contributed by atoms with van der Waals surface area (Å²) in [5.74, 6) is -2.86. The number of hydrogen-bond acceptors (Lipinski definition) is 15. The molecule has 0 bridgehead atoms. The van der Waals surface area contributed by atoms with Crippen molar-refractivity contribution >= 4 is 56.2 Å². The highest BCUT2D eigenvalue weighted by atomic mass is 32.3. The van der Waals surface area contributed by atoms with Crippen LogP contribution in [-0.2, 0) is 45.1 Å². The Bertz CT molecular complexity index is 1860. The number of amidine groups is 1. The zero-order valence-corrected chi connectivity index (χ0v) is 29.8. The Morgan fingerprint density at radius 3 is 2.59 bits per heavy atom. The molecule has 9 N–H and O–H groups in total. The van der Waals surface area contributed by atoms with Crippen molar-refractivity contribution in [2.24, 2.45) is 10.9 Å². The first-order chi connectivity index (χ1) is 23.8. The summed E-state index contributed by atoms with van der Waals surface area (Å²) < 4.78 is 46.9. The minimum atomic E-state index is -5.04. The van der Waals surface area contributed by atoms with Gasteiger partial charge in [0.05, 0.1) is 5.54 Å². The number of thiazole rings is 1. The van der Waals surface area contributed by atoms with E-state index < -0.39 is 57.2 Å². The number of rotatable bonds is 14. The van der Waals surface area contributed by atoms with Crippen LogP contribution in [-0.4, -0.2) is 106 Å². The highest BCUT2D eigenvalue weighted by Crippen LogP contribution is 2.36. The van der Waals surface area contributed by atoms with Crippen molar-refractivity contribution in [3.05, 3.63) is 40.4 Å². The molecule has 19 nitrogen and oxygen atoms in total. The second-order valence-corrected chi connectivity index (χ2v) is 15.3. The molecule has 2 fully saturated rings. The molecule has 1 saturated carbocycles. The van der Waals surface area contributed by atoms with Crippen LogP contribution in [0.2, 0.25) is 0 Å². The average Bonchev–Trinajstić information content (AvgIpc) is 3.48. The highest BCUT2D eigenvalue weighted by Gasteiger charge is 2.58. The van der Waals surface area contributed by atoms with Gasteiger partial charge in [-0.05, 0) is 76.6 Å². The van der Waals surface area contributed by atoms with E-state index in [-0.39, 0.29) is 34.7 Å². The number of nitrogens with one attached hydrogen (secondary N) is 3. The molecule has 3 aliphatic rings. The third-order valence-corrected chi connectivity index (χ3v) is 10.2. The van der Waals surface area contributed by atoms with Gasteiger partial charge in [0.2, 0.25) is 0 Å². The zero-order valence-electron chi connectivity index (χ0n) is 28.2. The number of nitrogens with two attached hydrogens (primary N) is 2. The van der Waals surface area contributed by atoms with Gasteiger partial charge in [0, 0.05) is 36.2 Å². The molecule has 5 rings (SSSR count). The molecule has 1 aliphatic carbocycles. The Hall–Kier alpha value is -4.41. The zero-order chi connectivity index (χ0) is 37.5. The molecule has 0 unspecified atom stereocenters. The Morgan fingerprint density at radius 2 is 2.00 bits per heavy atom. The van der Waals surface area contributed by atoms with E-state index in [0.29, 0.717) is 42.2 Å². The van der Waals surface area contributed by atoms with Crippen molar-refractivity contribution in [1.29, 1.82) is 5.41 Å². The lowest BCUT2D eigenvalue weighted by Gasteiger charge is -2.50. The molecule has 3 heterocycles. The number of carbonyl (C=O) groups is 3. The third-order valence-electron chi connectivity index (χ3n) is 9.22. The minimum Gasteiger partial charge on any atom is -0.485 e. The monoisotopic (exact) mass is 752 g/mol. The van der Waals surface area contributed by atoms with Gasteiger partial charge < -0.3 is 41.5 Å². The van der Waals surface area contributed by atoms with Gasteiger partial charge in [-0.2, -0.15) is 13.5 Å². The van der Waals surface area contributed by atoms with E-state index in [0.717, 1.165) is 23.3 Å². The number of methoxy groups -OCH3 is 1. The van der Waals surface area contributed by atoms with Crippen LogP contribution in [0.5, 0.6) is 5.75 Å². The smallest absolute Gasteiger partial charge is 0.418 e. The number of aromatic nitrogens is 1. The minimum absolute atomic E-state index is 0.0522. The summed E-state index contributed by atoms with van der Waals surface area (Å²) in [4.78, 5) is 48.4. The third kappa shape index (κ3) is 7.92. The maximum Gasteiger partial charge on any atom is 0.418 e. The Morgan fingerprint density at radius 1 is 1.29 bits per heavy atom. The van der Waals surface area contributed by atoms with Crippen molar-refractivity contribution in [2.75, 3.05) is 19.5 Å². The summed E-state index contributed by atoms with van der Waals surface area (Å²) in [5.41, 5.74) is 8.99. The number of ether oxygens (including phenoxy) is 2. The van der Waals surface area contributed by atoms with E-state index in [1.807, 2.05) is 0 Å². The van der Waals surface area contributed by atoms with Gasteiger partial charge in [-0.3, -0.25) is 19.6 Å². The average molecular weight is 753 g/mol. The number of aryl methyl sites for hydroxylation is 1. The fourth-order valence-electron chi connectivity index (χ4n) is 6.15. The van der Waals surface area contributed by atoms with Crippen LogP contribution in [0, 0.1) is 5.41 Å². The first-order valence-electron chi connectivity index (χ1n) is 15.7. The Balaban J connectivity index is 1.29. The maximum atomic E-state index is 13.5. The molecule has 1 aromatic carbocycles. The summed E-state index contributed by atoms with van der Waals surface area (Å²) in [6, 6.07) is 3.86. The predicted molar refractivity (Wildman–Crippen MR) is 181 cm³/mol. The van der Waals surface area contributed by atoms with E-state index in [4.69, 9.17) is 35.7 Å². The van der Waals surface area contributed by atoms with Crippen LogP contribution >= 0.6 is 11.3 Å². The molecule has 51 heavy (non-hydrogen) atoms. The number of anilines is 1. The van der Waals surface area contributed by atoms with Gasteiger partial charge >= 0.3 is 16.4 Å². The number of β-lactam (4-membered cyclic amide) rings is 1. The second-order valence-electron chi connectivity index (χ2n) is 13.4. The Kier molecular flexibility index (Phi) is 10.4. The molecule has 2 aliphatic heterocycles. The molecular formula is C30H40N8O11S2. The number of hydrogen-bond donors (Lipinski definition) is 7. The van der Waals surface area contributed by atoms with Gasteiger partial charge in [-0.1, -0.05) is 5.16 Å². The van der Waals surface area contributed by atoms with Crippen LogP contribution in [0.4, 0.5) is 5.13 Å². The standard InChI is InChI=1S/C30H40N8O11S2/c1-28(2)22(25(40)38(28)49-51(43,44)45)36-24(39)21(18-14-50-27(32)35-18)37-48-29(3,26(41)42)20-8-6-15-11-16(5-7-19(15)47-20)23(31)34-17-12-30(33,13-17)9-10-46-4/h5,7,11,14,17,20,22H,6,8-10,12-13,33H2,1-4H3,(H2,31,34)(H2,32,35)(H,36,39)(H,41,42)(H,43,44,45)/b37-21-/t17-,20-,22-,29+,30+/m1/s1. The number of carbonyl (C=O) groups excluding carboxylic acids is 2. The summed E-state index contributed by atoms with van der Waals surface area (Å²) in [6.45, 7) is 4.54. The molecule has 1 aromatic heterocycles. The van der Waals surface area contributed by atoms with Crippen molar-refractivity contribution in [3.8, 4) is 5.75 Å². The highest BCUT2D eigenvalue weighted by molar-refractivity contribution is 7.80. The normalized spacial score (nSPS) is 25.3. The molecule has 3 atom stereocenters. The summed E-state index contributed by atoms with van der Waals surface area (Å²) >= 11 is 0.959. The van der Waals surface area contributed by atoms with Crippen LogP contribution in [0.25, 0.3) is 0 Å². The number of amides is 2. The van der Waals surface area contributed by atoms with Crippen molar-refractivity contribution in [1.82, 2.24) is 20.7 Å². The number of carboxylic acids is 1. The number of aliphatic carboxylic acids is 1. The lowest BCUT2D eigenvalue weighted by Crippen LogP contribution is -2.76. The molecule has 0 radical (unpaired) electrons. The summed E-state index contributed by atoms with van der Waals surface area (Å²) in [7, 11) is -3.41. The lowest BCUT2D eigenvalue weighted by molar-refractivity contribution is -0.218. The number of hydroxylamine groups is 2. The molecule has 0 spiro atoms. The van der Waals surface area contributed by atoms with Gasteiger partial charge in [0.25, 0.3) is 17.4 Å². The van der Waals surface area contributed by atoms with Crippen molar-refractivity contribution in [3.63, 3.8) is 0 Å². The van der Waals surface area contributed by atoms with Gasteiger partial charge in [0.1, 0.15) is 23.3 Å². The number of nitrogen functional groups attached to an aromatic ring is 1. The van der Waals surface area contributed by atoms with Crippen LogP contribution in [0.3, 0.4) is 0 Å². The lowest BCUT2D eigenvalue weighted by atomic mass is 9.71. The number of nitrogens with zero attached hydrogens (tertiary/aromatic N) is 3. The Labute approximate surface area is 297 Å². The molecule has 2 amide bonds. The number of carboxylic acid groups (broad SMARTS) is 1. The van der Waals surface area contributed by atoms with E-state index >= 15 is 0 Å². The topological polar surface area (TPSA) is 291 Å². The van der Waals surface area contributed by atoms with Crippen LogP contribution in [0.15, 0.2) is 28.7 Å². The van der Waals surface area contributed by atoms with E-state index in [1.165, 1.54) is 26.2 Å². The van der Waals surface area contributed by atoms with Gasteiger partial charge in [-0.25, -0.2) is 9.78 Å². The molecular weight excluding hydrogens is 713 g/mol. The SMILES string of the molecule is COCC[C@]1(N)C[C@@H](NC(=N)c2ccc3c(c2)CC[C@H]([C@](C)(O/N=C(\C(=O)N[C@@H]2C(=O)N(OS(=O)(=O)O)C2(C)C)c2csc(N)n2)C(=O)O)O3)C1. The van der Waals surface area contributed by atoms with Gasteiger partial charge in [-0.15, -0.1) is 15.6 Å². The largest absolute Gasteiger partial charge is 0.485 e. The van der Waals surface area contributed by atoms with Gasteiger partial charge in [0.15, 0.2) is 16.9 Å². The summed E-state index contributed by atoms with van der Waals surface area (Å²) in [5, 5.41) is 30.2. The van der Waals surface area contributed by atoms with Crippen LogP contribution in [0.1, 0.15) is 63.3 Å². The van der Waals surface area contributed by atoms with E-state index in [1.54, 1.807) is 25.3 Å². The maximum absolute atomic E-state index is 13.5. The number of fused-ring (bicyclic) bond motifs is 1. The van der Waals surface area contributed by atoms with E-state index in [2.05, 4.69) is 25.1 Å². The molecule has 1 saturated heterocycles. The number of oxime groups is 1. The molecule has 2 aromatic rings.